The van der Waals surface area contributed by atoms with Gasteiger partial charge in [-0.3, -0.25) is 19.0 Å². The van der Waals surface area contributed by atoms with Crippen molar-refractivity contribution in [3.63, 3.8) is 0 Å². The molecule has 108 valence electrons. The van der Waals surface area contributed by atoms with E-state index in [9.17, 15) is 9.13 Å². The molecule has 0 spiro atoms. The Morgan fingerprint density at radius 1 is 1.21 bits per heavy atom. The Labute approximate surface area is 110 Å². The van der Waals surface area contributed by atoms with Gasteiger partial charge in [0.25, 0.3) is 0 Å². The summed E-state index contributed by atoms with van der Waals surface area (Å²) < 4.78 is 22.4. The first-order valence-electron chi connectivity index (χ1n) is 5.33. The Bertz CT molecular complexity index is 477. The Kier molecular flexibility index (Phi) is 5.41. The number of likely N-dealkylation sites (N-methyl/N-ethyl adjacent to an activating group) is 1. The Balaban J connectivity index is 2.77. The van der Waals surface area contributed by atoms with Crippen molar-refractivity contribution in [2.75, 3.05) is 13.6 Å². The zero-order chi connectivity index (χ0) is 14.7. The molecule has 0 aliphatic carbocycles. The molecule has 1 aromatic heterocycles. The van der Waals surface area contributed by atoms with Crippen LogP contribution in [-0.4, -0.2) is 48.6 Å². The van der Waals surface area contributed by atoms with Gasteiger partial charge in [0.2, 0.25) is 5.52 Å². The number of hydrogen-bond acceptors (Lipinski definition) is 4. The minimum absolute atomic E-state index is 0.0674. The number of rotatable bonds is 6. The van der Waals surface area contributed by atoms with E-state index in [-0.39, 0.29) is 6.54 Å². The molecule has 1 aromatic rings. The van der Waals surface area contributed by atoms with Crippen LogP contribution in [0.15, 0.2) is 24.4 Å². The highest BCUT2D eigenvalue weighted by molar-refractivity contribution is 7.70. The van der Waals surface area contributed by atoms with Crippen LogP contribution >= 0.6 is 15.2 Å². The van der Waals surface area contributed by atoms with Crippen LogP contribution in [0.25, 0.3) is 0 Å². The Morgan fingerprint density at radius 2 is 1.79 bits per heavy atom. The van der Waals surface area contributed by atoms with E-state index < -0.39 is 20.7 Å². The van der Waals surface area contributed by atoms with Crippen molar-refractivity contribution in [2.24, 2.45) is 0 Å². The van der Waals surface area contributed by atoms with Crippen LogP contribution < -0.4 is 0 Å². The Morgan fingerprint density at radius 3 is 2.21 bits per heavy atom. The van der Waals surface area contributed by atoms with E-state index in [0.29, 0.717) is 12.1 Å². The predicted octanol–water partition coefficient (Wildman–Crippen LogP) is 0.195. The molecule has 0 saturated carbocycles. The van der Waals surface area contributed by atoms with Crippen LogP contribution in [0.4, 0.5) is 0 Å². The lowest BCUT2D eigenvalue weighted by Crippen LogP contribution is -2.33. The predicted molar refractivity (Wildman–Crippen MR) is 68.4 cm³/mol. The number of pyridine rings is 1. The van der Waals surface area contributed by atoms with Gasteiger partial charge in [-0.15, -0.1) is 0 Å². The zero-order valence-corrected chi connectivity index (χ0v) is 12.0. The van der Waals surface area contributed by atoms with E-state index in [2.05, 4.69) is 4.98 Å². The number of hydrogen-bond donors (Lipinski definition) is 4. The summed E-state index contributed by atoms with van der Waals surface area (Å²) in [5.41, 5.74) is -1.45. The molecule has 0 aliphatic rings. The fourth-order valence-electron chi connectivity index (χ4n) is 1.66. The fraction of sp³-hybridized carbons (Fsp3) is 0.444. The molecule has 0 aliphatic heterocycles. The van der Waals surface area contributed by atoms with Crippen LogP contribution in [0.1, 0.15) is 5.69 Å². The summed E-state index contributed by atoms with van der Waals surface area (Å²) in [6.45, 7) is 0.0674. The summed E-state index contributed by atoms with van der Waals surface area (Å²) in [7, 11) is -8.61. The molecule has 19 heavy (non-hydrogen) atoms. The molecule has 0 radical (unpaired) electrons. The summed E-state index contributed by atoms with van der Waals surface area (Å²) in [6, 6.07) is 5.20. The fourth-order valence-corrected chi connectivity index (χ4v) is 4.49. The first-order valence-corrected chi connectivity index (χ1v) is 8.69. The lowest BCUT2D eigenvalue weighted by molar-refractivity contribution is 0.256. The molecule has 0 aromatic carbocycles. The molecule has 1 heterocycles. The van der Waals surface area contributed by atoms with E-state index in [1.165, 1.54) is 7.05 Å². The number of nitrogens with zero attached hydrogens (tertiary/aromatic N) is 2. The van der Waals surface area contributed by atoms with Crippen molar-refractivity contribution in [2.45, 2.75) is 11.9 Å². The molecule has 4 N–H and O–H groups in total. The van der Waals surface area contributed by atoms with Crippen molar-refractivity contribution in [3.05, 3.63) is 30.1 Å². The maximum atomic E-state index is 11.2. The first-order chi connectivity index (χ1) is 8.62. The van der Waals surface area contributed by atoms with Gasteiger partial charge in [-0.05, 0) is 19.2 Å². The van der Waals surface area contributed by atoms with Crippen LogP contribution in [0.2, 0.25) is 0 Å². The lowest BCUT2D eigenvalue weighted by atomic mass is 10.3. The van der Waals surface area contributed by atoms with Crippen LogP contribution in [0, 0.1) is 0 Å². The van der Waals surface area contributed by atoms with E-state index in [0.717, 1.165) is 4.90 Å². The van der Waals surface area contributed by atoms with Gasteiger partial charge in [-0.1, -0.05) is 6.07 Å². The molecule has 1 rings (SSSR count). The van der Waals surface area contributed by atoms with Gasteiger partial charge < -0.3 is 19.6 Å². The molecule has 0 saturated heterocycles. The standard InChI is InChI=1S/C9H16N2O6P2/c1-11(7-5-8-4-2-3-6-10-8)9(18(12,13)14)19(15,16)17/h2-4,6,9H,5,7H2,1H3,(H2,12,13,14)(H2,15,16,17). The number of aromatic nitrogens is 1. The van der Waals surface area contributed by atoms with Gasteiger partial charge in [0, 0.05) is 24.9 Å². The molecule has 0 bridgehead atoms. The van der Waals surface area contributed by atoms with Crippen molar-refractivity contribution in [1.29, 1.82) is 0 Å². The highest BCUT2D eigenvalue weighted by atomic mass is 31.2. The van der Waals surface area contributed by atoms with E-state index in [1.807, 2.05) is 0 Å². The van der Waals surface area contributed by atoms with Crippen LogP contribution in [0.5, 0.6) is 0 Å². The van der Waals surface area contributed by atoms with Crippen molar-refractivity contribution in [3.8, 4) is 0 Å². The van der Waals surface area contributed by atoms with Crippen molar-refractivity contribution in [1.82, 2.24) is 9.88 Å². The van der Waals surface area contributed by atoms with Crippen LogP contribution in [0.3, 0.4) is 0 Å². The smallest absolute Gasteiger partial charge is 0.323 e. The SMILES string of the molecule is CN(CCc1ccccn1)C(P(=O)(O)O)P(=O)(O)O. The lowest BCUT2D eigenvalue weighted by Gasteiger charge is -2.28. The van der Waals surface area contributed by atoms with E-state index in [4.69, 9.17) is 19.6 Å². The van der Waals surface area contributed by atoms with E-state index >= 15 is 0 Å². The van der Waals surface area contributed by atoms with Gasteiger partial charge in [0.05, 0.1) is 0 Å². The maximum Gasteiger partial charge on any atom is 0.354 e. The third-order valence-electron chi connectivity index (χ3n) is 2.44. The molecule has 0 atom stereocenters. The largest absolute Gasteiger partial charge is 0.354 e. The van der Waals surface area contributed by atoms with Crippen molar-refractivity contribution < 1.29 is 28.7 Å². The maximum absolute atomic E-state index is 11.2. The third kappa shape index (κ3) is 5.12. The van der Waals surface area contributed by atoms with Crippen molar-refractivity contribution >= 4 is 15.2 Å². The van der Waals surface area contributed by atoms with Gasteiger partial charge in [-0.2, -0.15) is 0 Å². The first kappa shape index (κ1) is 16.5. The zero-order valence-electron chi connectivity index (χ0n) is 10.2. The monoisotopic (exact) mass is 310 g/mol. The van der Waals surface area contributed by atoms with Gasteiger partial charge in [0.15, 0.2) is 0 Å². The summed E-state index contributed by atoms with van der Waals surface area (Å²) in [4.78, 5) is 41.2. The average molecular weight is 310 g/mol. The summed E-state index contributed by atoms with van der Waals surface area (Å²) in [5, 5.41) is 0. The molecular formula is C9H16N2O6P2. The second kappa shape index (κ2) is 6.24. The minimum atomic E-state index is -4.93. The summed E-state index contributed by atoms with van der Waals surface area (Å²) in [6.07, 6.45) is 1.90. The molecular weight excluding hydrogens is 294 g/mol. The molecule has 0 amide bonds. The third-order valence-corrected chi connectivity index (χ3v) is 6.24. The van der Waals surface area contributed by atoms with Crippen LogP contribution in [-0.2, 0) is 15.6 Å². The summed E-state index contributed by atoms with van der Waals surface area (Å²) in [5.74, 6) is 0. The average Bonchev–Trinajstić information content (AvgIpc) is 2.24. The highest BCUT2D eigenvalue weighted by Gasteiger charge is 2.46. The topological polar surface area (TPSA) is 131 Å². The normalized spacial score (nSPS) is 13.2. The van der Waals surface area contributed by atoms with Gasteiger partial charge in [0.1, 0.15) is 0 Å². The summed E-state index contributed by atoms with van der Waals surface area (Å²) >= 11 is 0. The van der Waals surface area contributed by atoms with E-state index in [1.54, 1.807) is 24.4 Å². The quantitative estimate of drug-likeness (QED) is 0.548. The molecule has 0 fully saturated rings. The Hall–Kier alpha value is -0.590. The van der Waals surface area contributed by atoms with Gasteiger partial charge in [-0.25, -0.2) is 0 Å². The molecule has 0 unspecified atom stereocenters. The van der Waals surface area contributed by atoms with Gasteiger partial charge >= 0.3 is 15.2 Å². The second-order valence-corrected chi connectivity index (χ2v) is 7.82. The highest BCUT2D eigenvalue weighted by Crippen LogP contribution is 2.60. The molecule has 10 heteroatoms. The minimum Gasteiger partial charge on any atom is -0.323 e. The molecule has 8 nitrogen and oxygen atoms in total. The second-order valence-electron chi connectivity index (χ2n) is 4.08.